The van der Waals surface area contributed by atoms with Crippen molar-refractivity contribution in [3.05, 3.63) is 40.8 Å². The molecule has 4 nitrogen and oxygen atoms in total. The van der Waals surface area contributed by atoms with Crippen molar-refractivity contribution >= 4 is 11.6 Å². The summed E-state index contributed by atoms with van der Waals surface area (Å²) >= 11 is 5.99. The monoisotopic (exact) mass is 237 g/mol. The minimum atomic E-state index is 0.0104. The van der Waals surface area contributed by atoms with E-state index in [9.17, 15) is 0 Å². The largest absolute Gasteiger partial charge is 0.467 e. The highest BCUT2D eigenvalue weighted by Gasteiger charge is 2.27. The minimum absolute atomic E-state index is 0.0104. The number of halogens is 1. The van der Waals surface area contributed by atoms with Crippen LogP contribution in [0.3, 0.4) is 0 Å². The van der Waals surface area contributed by atoms with Crippen molar-refractivity contribution in [2.24, 2.45) is 7.05 Å². The summed E-state index contributed by atoms with van der Waals surface area (Å²) in [5.74, 6) is 1.84. The molecule has 0 amide bonds. The third-order valence-corrected chi connectivity index (χ3v) is 3.36. The van der Waals surface area contributed by atoms with Gasteiger partial charge < -0.3 is 14.3 Å². The van der Waals surface area contributed by atoms with E-state index in [1.165, 1.54) is 5.56 Å². The molecule has 0 spiro atoms. The van der Waals surface area contributed by atoms with Crippen molar-refractivity contribution in [3.8, 4) is 0 Å². The van der Waals surface area contributed by atoms with Gasteiger partial charge in [-0.15, -0.1) is 0 Å². The molecule has 0 saturated carbocycles. The van der Waals surface area contributed by atoms with Crippen molar-refractivity contribution in [1.82, 2.24) is 14.9 Å². The van der Waals surface area contributed by atoms with Crippen molar-refractivity contribution in [3.63, 3.8) is 0 Å². The average molecular weight is 238 g/mol. The summed E-state index contributed by atoms with van der Waals surface area (Å²) in [7, 11) is 1.91. The molecule has 2 aromatic heterocycles. The highest BCUT2D eigenvalue weighted by molar-refractivity contribution is 6.29. The molecule has 0 aliphatic carbocycles. The number of rotatable bonds is 1. The topological polar surface area (TPSA) is 43.0 Å². The van der Waals surface area contributed by atoms with Crippen LogP contribution in [-0.4, -0.2) is 16.1 Å². The zero-order valence-electron chi connectivity index (χ0n) is 8.90. The van der Waals surface area contributed by atoms with Crippen LogP contribution in [0.1, 0.15) is 23.2 Å². The number of furan rings is 1. The number of nitrogens with zero attached hydrogens (tertiary/aromatic N) is 2. The van der Waals surface area contributed by atoms with Crippen molar-refractivity contribution < 1.29 is 4.42 Å². The van der Waals surface area contributed by atoms with Gasteiger partial charge in [-0.1, -0.05) is 11.6 Å². The van der Waals surface area contributed by atoms with Gasteiger partial charge in [-0.25, -0.2) is 4.98 Å². The zero-order chi connectivity index (χ0) is 11.1. The van der Waals surface area contributed by atoms with Gasteiger partial charge in [-0.3, -0.25) is 0 Å². The second-order valence-corrected chi connectivity index (χ2v) is 4.33. The zero-order valence-corrected chi connectivity index (χ0v) is 9.66. The van der Waals surface area contributed by atoms with Gasteiger partial charge in [-0.05, 0) is 18.1 Å². The lowest BCUT2D eigenvalue weighted by molar-refractivity contribution is 0.409. The number of fused-ring (bicyclic) bond motifs is 1. The first kappa shape index (κ1) is 9.93. The van der Waals surface area contributed by atoms with Crippen LogP contribution >= 0.6 is 11.6 Å². The Bertz CT molecular complexity index is 517. The molecule has 0 fully saturated rings. The van der Waals surface area contributed by atoms with E-state index >= 15 is 0 Å². The lowest BCUT2D eigenvalue weighted by Gasteiger charge is -2.22. The van der Waals surface area contributed by atoms with Crippen LogP contribution in [0.5, 0.6) is 0 Å². The molecular weight excluding hydrogens is 226 g/mol. The van der Waals surface area contributed by atoms with Crippen LogP contribution in [0.4, 0.5) is 0 Å². The molecule has 3 rings (SSSR count). The Morgan fingerprint density at radius 1 is 1.62 bits per heavy atom. The fourth-order valence-electron chi connectivity index (χ4n) is 2.13. The summed E-state index contributed by atoms with van der Waals surface area (Å²) in [6.07, 6.45) is 4.39. The van der Waals surface area contributed by atoms with Gasteiger partial charge in [-0.2, -0.15) is 0 Å². The van der Waals surface area contributed by atoms with E-state index in [1.54, 1.807) is 12.5 Å². The maximum atomic E-state index is 5.99. The lowest BCUT2D eigenvalue weighted by Crippen LogP contribution is -2.31. The van der Waals surface area contributed by atoms with E-state index < -0.39 is 0 Å². The van der Waals surface area contributed by atoms with Crippen molar-refractivity contribution in [1.29, 1.82) is 0 Å². The minimum Gasteiger partial charge on any atom is -0.467 e. The van der Waals surface area contributed by atoms with E-state index in [0.717, 1.165) is 24.6 Å². The Morgan fingerprint density at radius 3 is 3.25 bits per heavy atom. The van der Waals surface area contributed by atoms with Gasteiger partial charge in [0.05, 0.1) is 12.5 Å². The van der Waals surface area contributed by atoms with E-state index in [0.29, 0.717) is 5.15 Å². The first-order chi connectivity index (χ1) is 7.77. The van der Waals surface area contributed by atoms with Crippen LogP contribution in [0.2, 0.25) is 5.15 Å². The molecule has 16 heavy (non-hydrogen) atoms. The van der Waals surface area contributed by atoms with Crippen LogP contribution in [-0.2, 0) is 13.5 Å². The average Bonchev–Trinajstić information content (AvgIpc) is 2.87. The van der Waals surface area contributed by atoms with Crippen LogP contribution in [0, 0.1) is 0 Å². The Balaban J connectivity index is 2.07. The molecule has 84 valence electrons. The highest BCUT2D eigenvalue weighted by Crippen LogP contribution is 2.29. The maximum Gasteiger partial charge on any atom is 0.134 e. The molecule has 5 heteroatoms. The number of imidazole rings is 1. The van der Waals surface area contributed by atoms with E-state index in [4.69, 9.17) is 16.0 Å². The molecule has 0 aromatic carbocycles. The van der Waals surface area contributed by atoms with Gasteiger partial charge in [0.25, 0.3) is 0 Å². The maximum absolute atomic E-state index is 5.99. The fraction of sp³-hybridized carbons (Fsp3) is 0.364. The SMILES string of the molecule is Cn1c(Cl)cnc1C1NCCc2ccoc21. The first-order valence-corrected chi connectivity index (χ1v) is 5.62. The van der Waals surface area contributed by atoms with Gasteiger partial charge >= 0.3 is 0 Å². The number of hydrogen-bond acceptors (Lipinski definition) is 3. The van der Waals surface area contributed by atoms with Gasteiger partial charge in [0.1, 0.15) is 22.8 Å². The molecule has 0 radical (unpaired) electrons. The quantitative estimate of drug-likeness (QED) is 0.824. The number of nitrogens with one attached hydrogen (secondary N) is 1. The molecule has 2 aromatic rings. The third kappa shape index (κ3) is 1.37. The summed E-state index contributed by atoms with van der Waals surface area (Å²) in [5.41, 5.74) is 1.25. The Hall–Kier alpha value is -1.26. The predicted octanol–water partition coefficient (Wildman–Crippen LogP) is 1.90. The Morgan fingerprint density at radius 2 is 2.50 bits per heavy atom. The fourth-order valence-corrected chi connectivity index (χ4v) is 2.27. The molecular formula is C11H12ClN3O. The molecule has 1 aliphatic heterocycles. The van der Waals surface area contributed by atoms with Gasteiger partial charge in [0.15, 0.2) is 0 Å². The molecule has 1 N–H and O–H groups in total. The summed E-state index contributed by atoms with van der Waals surface area (Å²) in [4.78, 5) is 4.33. The molecule has 1 unspecified atom stereocenters. The Kier molecular flexibility index (Phi) is 2.26. The summed E-state index contributed by atoms with van der Waals surface area (Å²) < 4.78 is 7.40. The van der Waals surface area contributed by atoms with Gasteiger partial charge in [0, 0.05) is 13.6 Å². The second-order valence-electron chi connectivity index (χ2n) is 3.95. The number of hydrogen-bond donors (Lipinski definition) is 1. The molecule has 3 heterocycles. The van der Waals surface area contributed by atoms with Crippen molar-refractivity contribution in [2.45, 2.75) is 12.5 Å². The third-order valence-electron chi connectivity index (χ3n) is 3.01. The molecule has 0 bridgehead atoms. The summed E-state index contributed by atoms with van der Waals surface area (Å²) in [5, 5.41) is 4.03. The summed E-state index contributed by atoms with van der Waals surface area (Å²) in [6.45, 7) is 0.932. The number of aromatic nitrogens is 2. The molecule has 1 atom stereocenters. The second kappa shape index (κ2) is 3.64. The standard InChI is InChI=1S/C11H12ClN3O/c1-15-8(12)6-14-11(15)9-10-7(2-4-13-9)3-5-16-10/h3,5-6,9,13H,2,4H2,1H3. The molecule has 0 saturated heterocycles. The predicted molar refractivity (Wildman–Crippen MR) is 60.5 cm³/mol. The van der Waals surface area contributed by atoms with Gasteiger partial charge in [0.2, 0.25) is 0 Å². The summed E-state index contributed by atoms with van der Waals surface area (Å²) in [6, 6.07) is 2.03. The van der Waals surface area contributed by atoms with Crippen LogP contribution in [0.15, 0.2) is 22.9 Å². The van der Waals surface area contributed by atoms with Crippen LogP contribution in [0.25, 0.3) is 0 Å². The normalized spacial score (nSPS) is 19.8. The van der Waals surface area contributed by atoms with E-state index in [1.807, 2.05) is 17.7 Å². The van der Waals surface area contributed by atoms with Crippen molar-refractivity contribution in [2.75, 3.05) is 6.54 Å². The lowest BCUT2D eigenvalue weighted by atomic mass is 10.0. The molecule has 1 aliphatic rings. The van der Waals surface area contributed by atoms with Crippen LogP contribution < -0.4 is 5.32 Å². The Labute approximate surface area is 98.2 Å². The first-order valence-electron chi connectivity index (χ1n) is 5.24. The smallest absolute Gasteiger partial charge is 0.134 e. The highest BCUT2D eigenvalue weighted by atomic mass is 35.5. The van der Waals surface area contributed by atoms with E-state index in [-0.39, 0.29) is 6.04 Å². The van der Waals surface area contributed by atoms with E-state index in [2.05, 4.69) is 10.3 Å².